The molecule has 2 aromatic carbocycles. The Morgan fingerprint density at radius 2 is 1.13 bits per heavy atom. The number of nitrogens with one attached hydrogen (secondary N) is 1. The molecule has 6 heterocycles. The minimum atomic E-state index is -1.13. The molecule has 15 nitrogen and oxygen atoms in total. The van der Waals surface area contributed by atoms with Gasteiger partial charge in [-0.05, 0) is 98.9 Å². The number of carbonyl (C=O) groups excluding carboxylic acids is 1. The third-order valence-electron chi connectivity index (χ3n) is 9.66. The average Bonchev–Trinajstić information content (AvgIpc) is 3.78. The van der Waals surface area contributed by atoms with Crippen LogP contribution in [0.15, 0.2) is 83.2 Å². The molecule has 0 bridgehead atoms. The van der Waals surface area contributed by atoms with Crippen LogP contribution in [0.1, 0.15) is 25.7 Å². The van der Waals surface area contributed by atoms with E-state index in [0.29, 0.717) is 72.2 Å². The quantitative estimate of drug-likeness (QED) is 0.168. The number of benzene rings is 2. The first-order chi connectivity index (χ1) is 25.4. The Morgan fingerprint density at radius 3 is 1.54 bits per heavy atom. The molecular formula is C35H36Cl2F2N10O5. The lowest BCUT2D eigenvalue weighted by Gasteiger charge is -2.37. The third-order valence-corrected chi connectivity index (χ3v) is 9.90. The van der Waals surface area contributed by atoms with E-state index in [1.807, 2.05) is 0 Å². The number of aromatic nitrogens is 8. The SMILES string of the molecule is Cl.O=C(Cl)N1CCC(O)(Cn2cnc3c(cnn3-c3ccc(F)cc3)c2=O)CC1.O=c1c2cnn(-c3ccc(F)cc3)c2ncn1CC1(O)CCNCC1. The van der Waals surface area contributed by atoms with E-state index in [0.717, 1.165) is 13.1 Å². The maximum Gasteiger partial charge on any atom is 0.316 e. The summed E-state index contributed by atoms with van der Waals surface area (Å²) in [5, 5.41) is 33.2. The highest BCUT2D eigenvalue weighted by Crippen LogP contribution is 2.25. The van der Waals surface area contributed by atoms with Gasteiger partial charge in [0.25, 0.3) is 11.1 Å². The zero-order valence-corrected chi connectivity index (χ0v) is 30.3. The van der Waals surface area contributed by atoms with Gasteiger partial charge in [-0.25, -0.2) is 28.1 Å². The van der Waals surface area contributed by atoms with Crippen LogP contribution in [0, 0.1) is 11.6 Å². The van der Waals surface area contributed by atoms with E-state index < -0.39 is 16.6 Å². The van der Waals surface area contributed by atoms with E-state index in [1.54, 1.807) is 24.3 Å². The highest BCUT2D eigenvalue weighted by molar-refractivity contribution is 6.62. The molecule has 0 saturated carbocycles. The molecule has 1 amide bonds. The van der Waals surface area contributed by atoms with Crippen molar-refractivity contribution in [2.45, 2.75) is 50.0 Å². The number of aliphatic hydroxyl groups is 2. The monoisotopic (exact) mass is 784 g/mol. The van der Waals surface area contributed by atoms with Crippen LogP contribution in [-0.4, -0.2) is 96.5 Å². The topological polar surface area (TPSA) is 178 Å². The molecule has 284 valence electrons. The second-order valence-electron chi connectivity index (χ2n) is 13.3. The van der Waals surface area contributed by atoms with E-state index in [1.165, 1.54) is 72.7 Å². The van der Waals surface area contributed by atoms with Crippen LogP contribution in [-0.2, 0) is 13.1 Å². The van der Waals surface area contributed by atoms with Crippen molar-refractivity contribution in [3.8, 4) is 11.4 Å². The van der Waals surface area contributed by atoms with Gasteiger partial charge >= 0.3 is 5.37 Å². The van der Waals surface area contributed by atoms with E-state index in [2.05, 4.69) is 25.5 Å². The Labute approximate surface area is 316 Å². The predicted octanol–water partition coefficient (Wildman–Crippen LogP) is 3.16. The molecule has 2 aliphatic heterocycles. The van der Waals surface area contributed by atoms with Crippen LogP contribution < -0.4 is 16.4 Å². The third kappa shape index (κ3) is 8.05. The molecule has 8 rings (SSSR count). The number of likely N-dealkylation sites (tertiary alicyclic amines) is 1. The summed E-state index contributed by atoms with van der Waals surface area (Å²) in [6, 6.07) is 11.5. The largest absolute Gasteiger partial charge is 0.388 e. The summed E-state index contributed by atoms with van der Waals surface area (Å²) in [7, 11) is 0. The molecule has 2 aliphatic rings. The highest BCUT2D eigenvalue weighted by Gasteiger charge is 2.35. The van der Waals surface area contributed by atoms with Crippen LogP contribution in [0.4, 0.5) is 13.6 Å². The lowest BCUT2D eigenvalue weighted by atomic mass is 9.91. The van der Waals surface area contributed by atoms with Gasteiger partial charge in [0.15, 0.2) is 11.3 Å². The second kappa shape index (κ2) is 15.7. The van der Waals surface area contributed by atoms with Gasteiger partial charge < -0.3 is 20.4 Å². The fraction of sp³-hybridized carbons (Fsp3) is 0.343. The summed E-state index contributed by atoms with van der Waals surface area (Å²) >= 11 is 5.47. The summed E-state index contributed by atoms with van der Waals surface area (Å²) in [6.07, 6.45) is 7.46. The van der Waals surface area contributed by atoms with Crippen LogP contribution >= 0.6 is 24.0 Å². The van der Waals surface area contributed by atoms with Gasteiger partial charge in [0, 0.05) is 13.1 Å². The Kier molecular flexibility index (Phi) is 11.3. The van der Waals surface area contributed by atoms with Crippen molar-refractivity contribution < 1.29 is 23.8 Å². The molecule has 19 heteroatoms. The summed E-state index contributed by atoms with van der Waals surface area (Å²) in [6.45, 7) is 2.36. The Morgan fingerprint density at radius 1 is 0.722 bits per heavy atom. The minimum Gasteiger partial charge on any atom is -0.388 e. The van der Waals surface area contributed by atoms with Crippen molar-refractivity contribution in [1.29, 1.82) is 0 Å². The summed E-state index contributed by atoms with van der Waals surface area (Å²) < 4.78 is 32.0. The lowest BCUT2D eigenvalue weighted by molar-refractivity contribution is -0.0248. The zero-order chi connectivity index (χ0) is 37.3. The lowest BCUT2D eigenvalue weighted by Crippen LogP contribution is -2.48. The highest BCUT2D eigenvalue weighted by atomic mass is 35.5. The number of carbonyl (C=O) groups is 1. The molecule has 54 heavy (non-hydrogen) atoms. The number of fused-ring (bicyclic) bond motifs is 2. The van der Waals surface area contributed by atoms with Crippen molar-refractivity contribution in [3.63, 3.8) is 0 Å². The van der Waals surface area contributed by atoms with Crippen LogP contribution in [0.3, 0.4) is 0 Å². The van der Waals surface area contributed by atoms with Crippen molar-refractivity contribution in [3.05, 3.63) is 106 Å². The maximum absolute atomic E-state index is 13.1. The molecule has 0 aliphatic carbocycles. The molecule has 2 saturated heterocycles. The van der Waals surface area contributed by atoms with Gasteiger partial charge in [-0.3, -0.25) is 23.5 Å². The molecule has 0 radical (unpaired) electrons. The number of hydrogen-bond acceptors (Lipinski definition) is 10. The van der Waals surface area contributed by atoms with Gasteiger partial charge in [0.05, 0.1) is 48.1 Å². The molecular weight excluding hydrogens is 749 g/mol. The van der Waals surface area contributed by atoms with E-state index >= 15 is 0 Å². The smallest absolute Gasteiger partial charge is 0.316 e. The number of piperidine rings is 2. The predicted molar refractivity (Wildman–Crippen MR) is 197 cm³/mol. The molecule has 6 aromatic rings. The molecule has 0 unspecified atom stereocenters. The van der Waals surface area contributed by atoms with Gasteiger partial charge in [0.1, 0.15) is 35.1 Å². The van der Waals surface area contributed by atoms with Crippen LogP contribution in [0.5, 0.6) is 0 Å². The first kappa shape index (κ1) is 38.6. The first-order valence-electron chi connectivity index (χ1n) is 16.9. The fourth-order valence-electron chi connectivity index (χ4n) is 6.61. The normalized spacial score (nSPS) is 16.4. The standard InChI is InChI=1S/C18H17ClFN5O3.C17H18FN5O2.ClH/c19-17(27)23-7-5-18(28,6-8-23)10-24-11-21-15-14(16(24)26)9-22-25(15)13-3-1-12(20)2-4-13;18-12-1-3-13(4-2-12)23-15-14(9-21-23)16(24)22(11-20-15)10-17(25)5-7-19-8-6-17;/h1-4,9,11,28H,5-8,10H2;1-4,9,11,19,25H,5-8,10H2;1H. The summed E-state index contributed by atoms with van der Waals surface area (Å²) in [5.41, 5.74) is -0.650. The fourth-order valence-corrected chi connectivity index (χ4v) is 6.78. The number of hydrogen-bond donors (Lipinski definition) is 3. The number of rotatable bonds is 6. The second-order valence-corrected chi connectivity index (χ2v) is 13.7. The van der Waals surface area contributed by atoms with E-state index in [4.69, 9.17) is 11.6 Å². The maximum atomic E-state index is 13.1. The summed E-state index contributed by atoms with van der Waals surface area (Å²) in [4.78, 5) is 46.9. The Bertz CT molecular complexity index is 2380. The van der Waals surface area contributed by atoms with Crippen LogP contribution in [0.2, 0.25) is 0 Å². The average molecular weight is 786 g/mol. The minimum absolute atomic E-state index is 0. The van der Waals surface area contributed by atoms with Gasteiger partial charge in [0.2, 0.25) is 0 Å². The van der Waals surface area contributed by atoms with E-state index in [9.17, 15) is 33.4 Å². The van der Waals surface area contributed by atoms with Gasteiger partial charge in [-0.15, -0.1) is 12.4 Å². The molecule has 4 aromatic heterocycles. The Balaban J connectivity index is 0.000000182. The van der Waals surface area contributed by atoms with Crippen molar-refractivity contribution in [2.24, 2.45) is 0 Å². The number of halogens is 4. The Hall–Kier alpha value is -5.07. The molecule has 2 fully saturated rings. The van der Waals surface area contributed by atoms with Gasteiger partial charge in [-0.1, -0.05) is 0 Å². The van der Waals surface area contributed by atoms with Crippen LogP contribution in [0.25, 0.3) is 33.4 Å². The van der Waals surface area contributed by atoms with E-state index in [-0.39, 0.29) is 48.2 Å². The van der Waals surface area contributed by atoms with Crippen molar-refractivity contribution >= 4 is 51.4 Å². The zero-order valence-electron chi connectivity index (χ0n) is 28.7. The van der Waals surface area contributed by atoms with Crippen molar-refractivity contribution in [2.75, 3.05) is 26.2 Å². The molecule has 0 spiro atoms. The van der Waals surface area contributed by atoms with Crippen molar-refractivity contribution in [1.82, 2.24) is 48.9 Å². The number of amides is 1. The summed E-state index contributed by atoms with van der Waals surface area (Å²) in [5.74, 6) is -0.712. The first-order valence-corrected chi connectivity index (χ1v) is 17.3. The molecule has 0 atom stereocenters. The number of nitrogens with zero attached hydrogens (tertiary/aromatic N) is 9. The van der Waals surface area contributed by atoms with Gasteiger partial charge in [-0.2, -0.15) is 10.2 Å². The molecule has 3 N–H and O–H groups in total.